The summed E-state index contributed by atoms with van der Waals surface area (Å²) in [6, 6.07) is 64.8. The maximum atomic E-state index is 14.0. The largest absolute Gasteiger partial charge is 0.457 e. The van der Waals surface area contributed by atoms with E-state index in [1.165, 1.54) is 66.7 Å². The lowest BCUT2D eigenvalue weighted by atomic mass is 10.3. The zero-order valence-electron chi connectivity index (χ0n) is 40.0. The first-order valence-electron chi connectivity index (χ1n) is 23.3. The van der Waals surface area contributed by atoms with Gasteiger partial charge in [0.2, 0.25) is 29.5 Å². The van der Waals surface area contributed by atoms with E-state index >= 15 is 0 Å². The molecule has 0 unspecified atom stereocenters. The minimum absolute atomic E-state index is 0.0196. The van der Waals surface area contributed by atoms with Crippen molar-refractivity contribution in [2.75, 3.05) is 0 Å². The zero-order valence-corrected chi connectivity index (χ0v) is 45.6. The number of rotatable bonds is 18. The molecule has 10 aromatic rings. The van der Waals surface area contributed by atoms with Crippen molar-refractivity contribution in [3.8, 4) is 69.0 Å². The summed E-state index contributed by atoms with van der Waals surface area (Å²) in [5, 5.41) is 0. The van der Waals surface area contributed by atoms with Crippen LogP contribution in [0.2, 0.25) is 0 Å². The summed E-state index contributed by atoms with van der Waals surface area (Å²) >= 11 is 6.80. The molecule has 0 saturated carbocycles. The summed E-state index contributed by atoms with van der Waals surface area (Å²) in [6.45, 7) is 0. The molecular formula is C60H40Br2O12S3. The van der Waals surface area contributed by atoms with Gasteiger partial charge in [0.15, 0.2) is 0 Å². The lowest BCUT2D eigenvalue weighted by molar-refractivity contribution is 0.460. The number of para-hydroxylation sites is 1. The number of halogens is 2. The minimum Gasteiger partial charge on any atom is -0.457 e. The molecule has 0 saturated heterocycles. The van der Waals surface area contributed by atoms with Gasteiger partial charge >= 0.3 is 0 Å². The minimum atomic E-state index is -4.06. The van der Waals surface area contributed by atoms with E-state index in [2.05, 4.69) is 31.9 Å². The van der Waals surface area contributed by atoms with Gasteiger partial charge in [-0.2, -0.15) is 0 Å². The van der Waals surface area contributed by atoms with E-state index in [-0.39, 0.29) is 35.1 Å². The van der Waals surface area contributed by atoms with E-state index in [1.54, 1.807) is 146 Å². The van der Waals surface area contributed by atoms with Gasteiger partial charge < -0.3 is 28.4 Å². The van der Waals surface area contributed by atoms with Gasteiger partial charge in [-0.3, -0.25) is 0 Å². The van der Waals surface area contributed by atoms with Crippen LogP contribution in [0.15, 0.2) is 281 Å². The maximum Gasteiger partial charge on any atom is 0.210 e. The van der Waals surface area contributed by atoms with Crippen LogP contribution >= 0.6 is 31.9 Å². The average Bonchev–Trinajstić information content (AvgIpc) is 3.48. The molecule has 384 valence electrons. The van der Waals surface area contributed by atoms with Gasteiger partial charge in [0, 0.05) is 8.95 Å². The summed E-state index contributed by atoms with van der Waals surface area (Å²) in [6.07, 6.45) is 0. The predicted molar refractivity (Wildman–Crippen MR) is 297 cm³/mol. The average molecular weight is 1210 g/mol. The Morgan fingerprint density at radius 3 is 0.844 bits per heavy atom. The molecule has 10 rings (SSSR count). The molecule has 0 aliphatic heterocycles. The Labute approximate surface area is 461 Å². The second-order valence-electron chi connectivity index (χ2n) is 16.8. The van der Waals surface area contributed by atoms with Gasteiger partial charge in [0.1, 0.15) is 73.9 Å². The Morgan fingerprint density at radius 2 is 0.506 bits per heavy atom. The lowest BCUT2D eigenvalue weighted by Gasteiger charge is -2.13. The highest BCUT2D eigenvalue weighted by Crippen LogP contribution is 2.37. The van der Waals surface area contributed by atoms with Crippen LogP contribution < -0.4 is 28.4 Å². The van der Waals surface area contributed by atoms with Crippen molar-refractivity contribution < 1.29 is 53.7 Å². The molecule has 0 radical (unpaired) electrons. The Bertz CT molecular complexity index is 4030. The van der Waals surface area contributed by atoms with Gasteiger partial charge in [-0.15, -0.1) is 0 Å². The van der Waals surface area contributed by atoms with E-state index in [0.29, 0.717) is 63.2 Å². The highest BCUT2D eigenvalue weighted by atomic mass is 79.9. The van der Waals surface area contributed by atoms with E-state index < -0.39 is 29.5 Å². The molecule has 12 nitrogen and oxygen atoms in total. The van der Waals surface area contributed by atoms with Crippen LogP contribution in [0.3, 0.4) is 0 Å². The van der Waals surface area contributed by atoms with Gasteiger partial charge in [0.05, 0.1) is 24.5 Å². The fraction of sp³-hybridized carbons (Fsp3) is 0. The first kappa shape index (κ1) is 52.3. The summed E-state index contributed by atoms with van der Waals surface area (Å²) < 4.78 is 119. The van der Waals surface area contributed by atoms with Crippen LogP contribution in [0.4, 0.5) is 0 Å². The molecule has 0 heterocycles. The van der Waals surface area contributed by atoms with Crippen LogP contribution in [0.1, 0.15) is 0 Å². The Morgan fingerprint density at radius 1 is 0.234 bits per heavy atom. The third kappa shape index (κ3) is 12.6. The first-order chi connectivity index (χ1) is 37.1. The van der Waals surface area contributed by atoms with Crippen LogP contribution in [0.25, 0.3) is 0 Å². The number of hydrogen-bond acceptors (Lipinski definition) is 12. The number of ether oxygens (including phenoxy) is 6. The van der Waals surface area contributed by atoms with Crippen molar-refractivity contribution in [1.82, 2.24) is 0 Å². The van der Waals surface area contributed by atoms with Crippen LogP contribution in [0, 0.1) is 0 Å². The SMILES string of the molecule is O=S(=O)(c1ccc(Oc2ccc(Br)cc2)cc1)c1ccc(Oc2ccc(Oc3ccccc3S(=O)(=O)c3ccc(Oc4ccc(Oc5ccc(S(=O)(=O)c6ccc(Oc7cccc(Br)c7)cc6)cc5)cc4)cc3)cc2)cc1. The quantitative estimate of drug-likeness (QED) is 0.0802. The molecule has 17 heteroatoms. The first-order valence-corrected chi connectivity index (χ1v) is 29.3. The summed E-state index contributed by atoms with van der Waals surface area (Å²) in [5.74, 6) is 5.26. The Kier molecular flexibility index (Phi) is 15.3. The molecule has 0 fully saturated rings. The fourth-order valence-corrected chi connectivity index (χ4v) is 12.1. The number of benzene rings is 10. The topological polar surface area (TPSA) is 158 Å². The van der Waals surface area contributed by atoms with Gasteiger partial charge in [-0.05, 0) is 224 Å². The molecule has 0 aliphatic carbocycles. The predicted octanol–water partition coefficient (Wildman–Crippen LogP) is 16.5. The third-order valence-corrected chi connectivity index (χ3v) is 17.9. The van der Waals surface area contributed by atoms with Crippen molar-refractivity contribution in [3.05, 3.63) is 252 Å². The molecule has 0 spiro atoms. The molecular weight excluding hydrogens is 1170 g/mol. The third-order valence-electron chi connectivity index (χ3n) is 11.5. The van der Waals surface area contributed by atoms with Crippen molar-refractivity contribution in [1.29, 1.82) is 0 Å². The standard InChI is InChI=1S/C60H40Br2O12S3/c61-41-8-10-43(11-9-41)69-47-20-30-54(31-21-47)75(63,64)55-34-24-49(25-35-55)72-46-16-18-52(19-17-46)74-59-6-1-2-7-60(59)77(67,68)58-38-28-50(29-39-58)71-45-14-12-44(13-15-45)70-48-22-32-56(33-23-48)76(65,66)57-36-26-51(27-37-57)73-53-5-3-4-42(62)40-53/h1-40H. The van der Waals surface area contributed by atoms with Gasteiger partial charge in [-0.25, -0.2) is 25.3 Å². The van der Waals surface area contributed by atoms with E-state index in [9.17, 15) is 25.3 Å². The fourth-order valence-electron chi connectivity index (χ4n) is 7.58. The molecule has 0 aromatic heterocycles. The highest BCUT2D eigenvalue weighted by molar-refractivity contribution is 9.10. The lowest BCUT2D eigenvalue weighted by Crippen LogP contribution is -2.04. The van der Waals surface area contributed by atoms with Crippen molar-refractivity contribution in [3.63, 3.8) is 0 Å². The molecule has 10 aromatic carbocycles. The van der Waals surface area contributed by atoms with E-state index in [1.807, 2.05) is 30.3 Å². The van der Waals surface area contributed by atoms with E-state index in [0.717, 1.165) is 8.95 Å². The second-order valence-corrected chi connectivity index (χ2v) is 24.4. The normalized spacial score (nSPS) is 11.6. The smallest absolute Gasteiger partial charge is 0.210 e. The molecule has 0 N–H and O–H groups in total. The Hall–Kier alpha value is -8.19. The van der Waals surface area contributed by atoms with Crippen molar-refractivity contribution in [2.24, 2.45) is 0 Å². The van der Waals surface area contributed by atoms with Crippen LogP contribution in [0.5, 0.6) is 69.0 Å². The molecule has 0 bridgehead atoms. The van der Waals surface area contributed by atoms with Crippen LogP contribution in [-0.2, 0) is 29.5 Å². The van der Waals surface area contributed by atoms with E-state index in [4.69, 9.17) is 28.4 Å². The summed E-state index contributed by atoms with van der Waals surface area (Å²) in [5.41, 5.74) is 0. The van der Waals surface area contributed by atoms with Crippen molar-refractivity contribution >= 4 is 61.4 Å². The highest BCUT2D eigenvalue weighted by Gasteiger charge is 2.24. The van der Waals surface area contributed by atoms with Crippen molar-refractivity contribution in [2.45, 2.75) is 29.4 Å². The monoisotopic (exact) mass is 1210 g/mol. The maximum absolute atomic E-state index is 14.0. The second kappa shape index (κ2) is 22.6. The zero-order chi connectivity index (χ0) is 53.6. The van der Waals surface area contributed by atoms with Gasteiger partial charge in [0.25, 0.3) is 0 Å². The summed E-state index contributed by atoms with van der Waals surface area (Å²) in [7, 11) is -11.7. The number of hydrogen-bond donors (Lipinski definition) is 0. The Balaban J connectivity index is 0.716. The molecule has 77 heavy (non-hydrogen) atoms. The molecule has 0 atom stereocenters. The molecule has 0 aliphatic rings. The van der Waals surface area contributed by atoms with Gasteiger partial charge in [-0.1, -0.05) is 50.1 Å². The summed E-state index contributed by atoms with van der Waals surface area (Å²) in [4.78, 5) is 0.394. The number of sulfone groups is 3. The van der Waals surface area contributed by atoms with Crippen LogP contribution in [-0.4, -0.2) is 25.3 Å². The molecule has 0 amide bonds.